The van der Waals surface area contributed by atoms with Crippen molar-refractivity contribution in [3.8, 4) is 5.69 Å². The maximum absolute atomic E-state index is 15.4. The zero-order valence-electron chi connectivity index (χ0n) is 18.5. The molecule has 1 saturated heterocycles. The average molecular weight is 426 g/mol. The lowest BCUT2D eigenvalue weighted by molar-refractivity contribution is 0.0224. The highest BCUT2D eigenvalue weighted by Crippen LogP contribution is 2.35. The van der Waals surface area contributed by atoms with Crippen LogP contribution in [0.2, 0.25) is 0 Å². The number of aliphatic imine (C=N–C) groups is 1. The summed E-state index contributed by atoms with van der Waals surface area (Å²) in [4.78, 5) is 4.67. The molecule has 6 heteroatoms. The summed E-state index contributed by atoms with van der Waals surface area (Å²) in [6.45, 7) is 8.36. The Bertz CT molecular complexity index is 1160. The van der Waals surface area contributed by atoms with Crippen molar-refractivity contribution in [2.75, 3.05) is 12.3 Å². The number of benzene rings is 2. The van der Waals surface area contributed by atoms with Crippen LogP contribution in [-0.2, 0) is 4.74 Å². The van der Waals surface area contributed by atoms with Gasteiger partial charge in [-0.2, -0.15) is 0 Å². The molecule has 2 N–H and O–H groups in total. The van der Waals surface area contributed by atoms with E-state index in [2.05, 4.69) is 18.8 Å². The Morgan fingerprint density at radius 3 is 2.61 bits per heavy atom. The zero-order valence-corrected chi connectivity index (χ0v) is 18.5. The van der Waals surface area contributed by atoms with Gasteiger partial charge in [-0.25, -0.2) is 8.78 Å². The van der Waals surface area contributed by atoms with Gasteiger partial charge in [-0.3, -0.25) is 4.99 Å². The van der Waals surface area contributed by atoms with Gasteiger partial charge in [0.25, 0.3) is 0 Å². The number of nitrogens with zero attached hydrogens (tertiary/aromatic N) is 2. The third kappa shape index (κ3) is 3.97. The van der Waals surface area contributed by atoms with Crippen LogP contribution in [0.15, 0.2) is 35.3 Å². The first-order valence-electron chi connectivity index (χ1n) is 10.8. The minimum absolute atomic E-state index is 0.0901. The van der Waals surface area contributed by atoms with E-state index in [9.17, 15) is 4.39 Å². The van der Waals surface area contributed by atoms with Crippen molar-refractivity contribution in [3.63, 3.8) is 0 Å². The van der Waals surface area contributed by atoms with Gasteiger partial charge in [0.1, 0.15) is 12.0 Å². The van der Waals surface area contributed by atoms with E-state index >= 15 is 4.39 Å². The van der Waals surface area contributed by atoms with E-state index in [4.69, 9.17) is 10.5 Å². The molecule has 0 radical (unpaired) electrons. The van der Waals surface area contributed by atoms with Crippen molar-refractivity contribution in [3.05, 3.63) is 58.8 Å². The number of ether oxygens (including phenoxy) is 1. The molecule has 2 aromatic carbocycles. The number of rotatable bonds is 4. The monoisotopic (exact) mass is 425 g/mol. The Morgan fingerprint density at radius 2 is 1.97 bits per heavy atom. The van der Waals surface area contributed by atoms with Crippen molar-refractivity contribution in [1.29, 1.82) is 0 Å². The summed E-state index contributed by atoms with van der Waals surface area (Å²) in [5, 5.41) is 0.452. The van der Waals surface area contributed by atoms with E-state index in [0.717, 1.165) is 30.6 Å². The summed E-state index contributed by atoms with van der Waals surface area (Å²) in [6, 6.07) is 8.68. The number of aromatic nitrogens is 1. The second-order valence-corrected chi connectivity index (χ2v) is 8.61. The summed E-state index contributed by atoms with van der Waals surface area (Å²) in [7, 11) is 0. The van der Waals surface area contributed by atoms with E-state index in [0.29, 0.717) is 34.3 Å². The molecule has 1 aliphatic rings. The minimum atomic E-state index is -0.453. The Balaban J connectivity index is 1.93. The summed E-state index contributed by atoms with van der Waals surface area (Å²) >= 11 is 0. The molecule has 1 aromatic heterocycles. The van der Waals surface area contributed by atoms with Gasteiger partial charge in [0.05, 0.1) is 11.2 Å². The van der Waals surface area contributed by atoms with Crippen LogP contribution in [0, 0.1) is 18.6 Å². The molecule has 164 valence electrons. The quantitative estimate of drug-likeness (QED) is 0.396. The van der Waals surface area contributed by atoms with Crippen LogP contribution in [0.5, 0.6) is 0 Å². The van der Waals surface area contributed by atoms with Gasteiger partial charge in [0.15, 0.2) is 5.82 Å². The van der Waals surface area contributed by atoms with Gasteiger partial charge in [0, 0.05) is 34.6 Å². The molecule has 4 nitrogen and oxygen atoms in total. The summed E-state index contributed by atoms with van der Waals surface area (Å²) in [6.07, 6.45) is 2.74. The second-order valence-electron chi connectivity index (χ2n) is 8.61. The maximum atomic E-state index is 15.4. The average Bonchev–Trinajstić information content (AvgIpc) is 3.13. The summed E-state index contributed by atoms with van der Waals surface area (Å²) in [5.41, 5.74) is 10.5. The molecule has 31 heavy (non-hydrogen) atoms. The number of hydrogen-bond acceptors (Lipinski definition) is 3. The van der Waals surface area contributed by atoms with E-state index in [1.54, 1.807) is 19.1 Å². The molecule has 0 aliphatic carbocycles. The second kappa shape index (κ2) is 8.42. The normalized spacial score (nSPS) is 17.6. The van der Waals surface area contributed by atoms with Crippen LogP contribution < -0.4 is 5.73 Å². The Kier molecular flexibility index (Phi) is 5.84. The van der Waals surface area contributed by atoms with Crippen molar-refractivity contribution in [2.45, 2.75) is 59.1 Å². The van der Waals surface area contributed by atoms with E-state index in [1.165, 1.54) is 6.07 Å². The molecule has 4 rings (SSSR count). The number of aryl methyl sites for hydroxylation is 1. The minimum Gasteiger partial charge on any atom is -0.396 e. The SMILES string of the molecule is C/C(=N\C1CCCCO1)c1cc2c(cc(C(C)C)n2-c2ccc(F)c(C)c2)c(F)c1N. The fourth-order valence-corrected chi connectivity index (χ4v) is 4.23. The van der Waals surface area contributed by atoms with Gasteiger partial charge in [-0.15, -0.1) is 0 Å². The fourth-order valence-electron chi connectivity index (χ4n) is 4.23. The number of hydrogen-bond donors (Lipinski definition) is 1. The topological polar surface area (TPSA) is 52.5 Å². The fraction of sp³-hybridized carbons (Fsp3) is 0.400. The lowest BCUT2D eigenvalue weighted by Crippen LogP contribution is -2.18. The standard InChI is InChI=1S/C25H29F2N3O/c1-14(2)21-13-19-22(30(21)17-8-9-20(26)15(3)11-17)12-18(25(28)24(19)27)16(4)29-23-7-5-6-10-31-23/h8-9,11-14,23H,5-7,10,28H2,1-4H3/b29-16+. The molecule has 0 amide bonds. The first-order valence-corrected chi connectivity index (χ1v) is 10.8. The lowest BCUT2D eigenvalue weighted by Gasteiger charge is -2.20. The highest BCUT2D eigenvalue weighted by atomic mass is 19.1. The first-order chi connectivity index (χ1) is 14.8. The van der Waals surface area contributed by atoms with E-state index < -0.39 is 5.82 Å². The van der Waals surface area contributed by atoms with Crippen LogP contribution in [0.4, 0.5) is 14.5 Å². The van der Waals surface area contributed by atoms with Crippen molar-refractivity contribution in [1.82, 2.24) is 4.57 Å². The van der Waals surface area contributed by atoms with Gasteiger partial charge in [-0.1, -0.05) is 13.8 Å². The van der Waals surface area contributed by atoms with Gasteiger partial charge in [-0.05, 0) is 74.9 Å². The van der Waals surface area contributed by atoms with Gasteiger partial charge in [0.2, 0.25) is 0 Å². The third-order valence-electron chi connectivity index (χ3n) is 5.99. The van der Waals surface area contributed by atoms with Crippen LogP contribution in [-0.4, -0.2) is 23.1 Å². The highest BCUT2D eigenvalue weighted by molar-refractivity contribution is 6.07. The molecular formula is C25H29F2N3O. The van der Waals surface area contributed by atoms with Crippen LogP contribution in [0.1, 0.15) is 62.8 Å². The largest absolute Gasteiger partial charge is 0.396 e. The predicted octanol–water partition coefficient (Wildman–Crippen LogP) is 6.26. The van der Waals surface area contributed by atoms with Crippen LogP contribution >= 0.6 is 0 Å². The van der Waals surface area contributed by atoms with E-state index in [1.807, 2.05) is 23.6 Å². The van der Waals surface area contributed by atoms with E-state index in [-0.39, 0.29) is 23.7 Å². The van der Waals surface area contributed by atoms with Crippen molar-refractivity contribution >= 4 is 22.3 Å². The maximum Gasteiger partial charge on any atom is 0.156 e. The molecule has 1 unspecified atom stereocenters. The Morgan fingerprint density at radius 1 is 1.19 bits per heavy atom. The van der Waals surface area contributed by atoms with Gasteiger partial charge >= 0.3 is 0 Å². The van der Waals surface area contributed by atoms with Gasteiger partial charge < -0.3 is 15.0 Å². The number of nitrogens with two attached hydrogens (primary N) is 1. The smallest absolute Gasteiger partial charge is 0.156 e. The number of nitrogen functional groups attached to an aromatic ring is 1. The number of fused-ring (bicyclic) bond motifs is 1. The molecule has 0 saturated carbocycles. The Hall–Kier alpha value is -2.73. The number of halogens is 2. The zero-order chi connectivity index (χ0) is 22.3. The number of anilines is 1. The first kappa shape index (κ1) is 21.5. The lowest BCUT2D eigenvalue weighted by atomic mass is 10.0. The third-order valence-corrected chi connectivity index (χ3v) is 5.99. The molecule has 3 aromatic rings. The van der Waals surface area contributed by atoms with Crippen molar-refractivity contribution < 1.29 is 13.5 Å². The van der Waals surface area contributed by atoms with Crippen LogP contribution in [0.25, 0.3) is 16.6 Å². The molecule has 1 fully saturated rings. The molecule has 0 bridgehead atoms. The summed E-state index contributed by atoms with van der Waals surface area (Å²) < 4.78 is 37.0. The van der Waals surface area contributed by atoms with Crippen molar-refractivity contribution in [2.24, 2.45) is 4.99 Å². The molecule has 2 heterocycles. The Labute approximate surface area is 181 Å². The molecule has 1 aliphatic heterocycles. The molecule has 1 atom stereocenters. The predicted molar refractivity (Wildman–Crippen MR) is 122 cm³/mol. The molecular weight excluding hydrogens is 396 g/mol. The van der Waals surface area contributed by atoms with Crippen LogP contribution in [0.3, 0.4) is 0 Å². The summed E-state index contributed by atoms with van der Waals surface area (Å²) in [5.74, 6) is -0.587. The molecule has 0 spiro atoms. The highest BCUT2D eigenvalue weighted by Gasteiger charge is 2.22.